The Morgan fingerprint density at radius 1 is 0.552 bits per heavy atom. The van der Waals surface area contributed by atoms with E-state index >= 15 is 0 Å². The number of rotatable bonds is 19. The van der Waals surface area contributed by atoms with Crippen LogP contribution in [-0.4, -0.2) is 25.2 Å². The van der Waals surface area contributed by atoms with Crippen LogP contribution in [-0.2, 0) is 19.1 Å². The molecule has 29 heavy (non-hydrogen) atoms. The SMILES string of the molecule is C=CC(=O)OCCCCCCCCC.C=CC(=O)OCCCCCCCCCC. The molecule has 0 aliphatic carbocycles. The Morgan fingerprint density at radius 3 is 1.10 bits per heavy atom. The molecule has 0 radical (unpaired) electrons. The molecular weight excluding hydrogens is 364 g/mol. The van der Waals surface area contributed by atoms with E-state index in [0.717, 1.165) is 25.7 Å². The van der Waals surface area contributed by atoms with Crippen LogP contribution < -0.4 is 0 Å². The molecule has 0 spiro atoms. The fourth-order valence-corrected chi connectivity index (χ4v) is 2.76. The van der Waals surface area contributed by atoms with Crippen LogP contribution in [0, 0.1) is 0 Å². The summed E-state index contributed by atoms with van der Waals surface area (Å²) in [5.41, 5.74) is 0. The van der Waals surface area contributed by atoms with E-state index in [0.29, 0.717) is 13.2 Å². The highest BCUT2D eigenvalue weighted by molar-refractivity contribution is 5.81. The first-order valence-corrected chi connectivity index (χ1v) is 11.7. The van der Waals surface area contributed by atoms with E-state index in [1.165, 1.54) is 82.8 Å². The molecule has 0 aromatic heterocycles. The molecule has 0 bridgehead atoms. The van der Waals surface area contributed by atoms with Gasteiger partial charge in [-0.3, -0.25) is 0 Å². The third-order valence-electron chi connectivity index (χ3n) is 4.57. The molecule has 0 rings (SSSR count). The lowest BCUT2D eigenvalue weighted by Crippen LogP contribution is -2.01. The van der Waals surface area contributed by atoms with Crippen molar-refractivity contribution in [2.24, 2.45) is 0 Å². The summed E-state index contributed by atoms with van der Waals surface area (Å²) in [6.07, 6.45) is 21.2. The number of hydrogen-bond acceptors (Lipinski definition) is 4. The van der Waals surface area contributed by atoms with E-state index in [1.807, 2.05) is 0 Å². The lowest BCUT2D eigenvalue weighted by molar-refractivity contribution is -0.138. The molecule has 0 amide bonds. The second-order valence-corrected chi connectivity index (χ2v) is 7.34. The van der Waals surface area contributed by atoms with Crippen molar-refractivity contribution in [3.05, 3.63) is 25.3 Å². The summed E-state index contributed by atoms with van der Waals surface area (Å²) in [4.78, 5) is 21.3. The van der Waals surface area contributed by atoms with Gasteiger partial charge >= 0.3 is 11.9 Å². The number of ether oxygens (including phenoxy) is 2. The fourth-order valence-electron chi connectivity index (χ4n) is 2.76. The van der Waals surface area contributed by atoms with Crippen LogP contribution in [0.25, 0.3) is 0 Å². The number of unbranched alkanes of at least 4 members (excludes halogenated alkanes) is 13. The van der Waals surface area contributed by atoms with Crippen molar-refractivity contribution in [2.75, 3.05) is 13.2 Å². The number of carbonyl (C=O) groups is 2. The van der Waals surface area contributed by atoms with Gasteiger partial charge < -0.3 is 9.47 Å². The Balaban J connectivity index is 0. The first-order valence-electron chi connectivity index (χ1n) is 11.7. The lowest BCUT2D eigenvalue weighted by Gasteiger charge is -2.02. The maximum atomic E-state index is 10.7. The second kappa shape index (κ2) is 26.4. The molecule has 4 heteroatoms. The molecule has 4 nitrogen and oxygen atoms in total. The van der Waals surface area contributed by atoms with Crippen molar-refractivity contribution in [3.8, 4) is 0 Å². The van der Waals surface area contributed by atoms with Gasteiger partial charge in [0.05, 0.1) is 13.2 Å². The molecule has 0 saturated heterocycles. The summed E-state index contributed by atoms with van der Waals surface area (Å²) in [5.74, 6) is -0.617. The topological polar surface area (TPSA) is 52.6 Å². The standard InChI is InChI=1S/C13H24O2.C12H22O2/c1-3-5-6-7-8-9-10-11-12-15-13(14)4-2;1-3-5-6-7-8-9-10-11-14-12(13)4-2/h4H,2-3,5-12H2,1H3;4H,2-3,5-11H2,1H3. The van der Waals surface area contributed by atoms with Gasteiger partial charge in [0, 0.05) is 12.2 Å². The first kappa shape index (κ1) is 29.6. The number of hydrogen-bond donors (Lipinski definition) is 0. The fraction of sp³-hybridized carbons (Fsp3) is 0.760. The normalized spacial score (nSPS) is 9.86. The zero-order valence-corrected chi connectivity index (χ0v) is 19.2. The molecule has 0 unspecified atom stereocenters. The Bertz CT molecular complexity index is 390. The van der Waals surface area contributed by atoms with Crippen molar-refractivity contribution in [3.63, 3.8) is 0 Å². The molecule has 0 saturated carbocycles. The molecule has 0 aliphatic heterocycles. The van der Waals surface area contributed by atoms with Crippen LogP contribution in [0.2, 0.25) is 0 Å². The van der Waals surface area contributed by atoms with E-state index in [1.54, 1.807) is 0 Å². The van der Waals surface area contributed by atoms with E-state index in [4.69, 9.17) is 9.47 Å². The van der Waals surface area contributed by atoms with Crippen molar-refractivity contribution >= 4 is 11.9 Å². The second-order valence-electron chi connectivity index (χ2n) is 7.34. The van der Waals surface area contributed by atoms with Gasteiger partial charge in [-0.15, -0.1) is 0 Å². The van der Waals surface area contributed by atoms with Gasteiger partial charge in [-0.05, 0) is 12.8 Å². The van der Waals surface area contributed by atoms with Crippen LogP contribution in [0.5, 0.6) is 0 Å². The van der Waals surface area contributed by atoms with Crippen molar-refractivity contribution < 1.29 is 19.1 Å². The third-order valence-corrected chi connectivity index (χ3v) is 4.57. The van der Waals surface area contributed by atoms with E-state index < -0.39 is 0 Å². The van der Waals surface area contributed by atoms with Gasteiger partial charge in [-0.1, -0.05) is 110 Å². The zero-order valence-electron chi connectivity index (χ0n) is 19.2. The Labute approximate surface area is 180 Å². The molecule has 0 atom stereocenters. The van der Waals surface area contributed by atoms with E-state index in [-0.39, 0.29) is 11.9 Å². The van der Waals surface area contributed by atoms with Crippen molar-refractivity contribution in [1.29, 1.82) is 0 Å². The summed E-state index contributed by atoms with van der Waals surface area (Å²) in [6.45, 7) is 12.2. The summed E-state index contributed by atoms with van der Waals surface area (Å²) < 4.78 is 9.74. The van der Waals surface area contributed by atoms with Gasteiger partial charge in [-0.2, -0.15) is 0 Å². The molecular formula is C25H46O4. The molecule has 0 aromatic carbocycles. The smallest absolute Gasteiger partial charge is 0.330 e. The molecule has 0 aliphatic rings. The van der Waals surface area contributed by atoms with E-state index in [9.17, 15) is 9.59 Å². The third kappa shape index (κ3) is 28.7. The molecule has 170 valence electrons. The predicted octanol–water partition coefficient (Wildman–Crippen LogP) is 7.32. The number of esters is 2. The quantitative estimate of drug-likeness (QED) is 0.127. The zero-order chi connectivity index (χ0) is 22.0. The average Bonchev–Trinajstić information content (AvgIpc) is 2.74. The highest BCUT2D eigenvalue weighted by Gasteiger charge is 1.96. The largest absolute Gasteiger partial charge is 0.463 e. The first-order chi connectivity index (χ1) is 14.1. The number of carbonyl (C=O) groups excluding carboxylic acids is 2. The summed E-state index contributed by atoms with van der Waals surface area (Å²) in [7, 11) is 0. The van der Waals surface area contributed by atoms with Gasteiger partial charge in [-0.25, -0.2) is 9.59 Å². The monoisotopic (exact) mass is 410 g/mol. The van der Waals surface area contributed by atoms with Gasteiger partial charge in [0.1, 0.15) is 0 Å². The van der Waals surface area contributed by atoms with E-state index in [2.05, 4.69) is 27.0 Å². The summed E-state index contributed by atoms with van der Waals surface area (Å²) >= 11 is 0. The lowest BCUT2D eigenvalue weighted by atomic mass is 10.1. The summed E-state index contributed by atoms with van der Waals surface area (Å²) in [6, 6.07) is 0. The predicted molar refractivity (Wildman–Crippen MR) is 123 cm³/mol. The van der Waals surface area contributed by atoms with Crippen molar-refractivity contribution in [2.45, 2.75) is 110 Å². The summed E-state index contributed by atoms with van der Waals surface area (Å²) in [5, 5.41) is 0. The Hall–Kier alpha value is -1.58. The average molecular weight is 411 g/mol. The van der Waals surface area contributed by atoms with Gasteiger partial charge in [0.2, 0.25) is 0 Å². The maximum Gasteiger partial charge on any atom is 0.330 e. The van der Waals surface area contributed by atoms with Crippen LogP contribution in [0.4, 0.5) is 0 Å². The van der Waals surface area contributed by atoms with Gasteiger partial charge in [0.25, 0.3) is 0 Å². The Morgan fingerprint density at radius 2 is 0.828 bits per heavy atom. The molecule has 0 heterocycles. The van der Waals surface area contributed by atoms with Gasteiger partial charge in [0.15, 0.2) is 0 Å². The highest BCUT2D eigenvalue weighted by Crippen LogP contribution is 2.08. The molecule has 0 fully saturated rings. The van der Waals surface area contributed by atoms with Crippen molar-refractivity contribution in [1.82, 2.24) is 0 Å². The molecule has 0 aromatic rings. The minimum absolute atomic E-state index is 0.307. The van der Waals surface area contributed by atoms with Crippen LogP contribution in [0.3, 0.4) is 0 Å². The highest BCUT2D eigenvalue weighted by atomic mass is 16.5. The minimum atomic E-state index is -0.309. The Kier molecular flexibility index (Phi) is 27.0. The molecule has 0 N–H and O–H groups in total. The van der Waals surface area contributed by atoms with Crippen LogP contribution in [0.15, 0.2) is 25.3 Å². The minimum Gasteiger partial charge on any atom is -0.463 e. The maximum absolute atomic E-state index is 10.7. The van der Waals surface area contributed by atoms with Crippen LogP contribution >= 0.6 is 0 Å². The van der Waals surface area contributed by atoms with Crippen LogP contribution in [0.1, 0.15) is 110 Å².